The standard InChI is InChI=1S/C18H24N4O/c1-11-19-18(22-21-11)12-3-5-15(6-4-12)20-16-7-13-9-17(23-2)10-14(13)8-16/h3-6,13-14,16-17,20H,7-10H2,1-2H3,(H,19,21,22)/t13-,14+,16?,17?. The lowest BCUT2D eigenvalue weighted by Crippen LogP contribution is -2.18. The van der Waals surface area contributed by atoms with Crippen LogP contribution in [0.3, 0.4) is 0 Å². The van der Waals surface area contributed by atoms with E-state index in [0.29, 0.717) is 12.1 Å². The van der Waals surface area contributed by atoms with E-state index in [9.17, 15) is 0 Å². The zero-order valence-electron chi connectivity index (χ0n) is 13.7. The minimum Gasteiger partial charge on any atom is -0.382 e. The van der Waals surface area contributed by atoms with Crippen LogP contribution in [-0.2, 0) is 4.74 Å². The van der Waals surface area contributed by atoms with Crippen LogP contribution in [0.15, 0.2) is 24.3 Å². The van der Waals surface area contributed by atoms with Gasteiger partial charge in [0.05, 0.1) is 6.10 Å². The van der Waals surface area contributed by atoms with Crippen LogP contribution in [0.2, 0.25) is 0 Å². The quantitative estimate of drug-likeness (QED) is 0.908. The molecule has 2 aliphatic rings. The molecule has 2 unspecified atom stereocenters. The highest BCUT2D eigenvalue weighted by Crippen LogP contribution is 2.45. The molecule has 1 aromatic carbocycles. The molecule has 0 aliphatic heterocycles. The second kappa shape index (κ2) is 5.96. The second-order valence-electron chi connectivity index (χ2n) is 6.98. The number of H-pyrrole nitrogens is 1. The third-order valence-corrected chi connectivity index (χ3v) is 5.42. The van der Waals surface area contributed by atoms with Gasteiger partial charge in [0.1, 0.15) is 5.82 Å². The molecule has 4 atom stereocenters. The fourth-order valence-electron chi connectivity index (χ4n) is 4.29. The minimum absolute atomic E-state index is 0.495. The van der Waals surface area contributed by atoms with E-state index >= 15 is 0 Å². The molecule has 0 amide bonds. The summed E-state index contributed by atoms with van der Waals surface area (Å²) in [6, 6.07) is 9.03. The monoisotopic (exact) mass is 312 g/mol. The van der Waals surface area contributed by atoms with Gasteiger partial charge in [0.15, 0.2) is 5.82 Å². The summed E-state index contributed by atoms with van der Waals surface area (Å²) in [5, 5.41) is 10.8. The number of aromatic amines is 1. The summed E-state index contributed by atoms with van der Waals surface area (Å²) in [6.45, 7) is 1.91. The lowest BCUT2D eigenvalue weighted by Gasteiger charge is -2.17. The smallest absolute Gasteiger partial charge is 0.181 e. The Morgan fingerprint density at radius 2 is 1.78 bits per heavy atom. The highest BCUT2D eigenvalue weighted by Gasteiger charge is 2.41. The van der Waals surface area contributed by atoms with E-state index in [4.69, 9.17) is 4.74 Å². The van der Waals surface area contributed by atoms with Crippen LogP contribution in [-0.4, -0.2) is 34.4 Å². The Labute approximate surface area is 136 Å². The van der Waals surface area contributed by atoms with E-state index < -0.39 is 0 Å². The van der Waals surface area contributed by atoms with Gasteiger partial charge in [-0.15, -0.1) is 0 Å². The predicted octanol–water partition coefficient (Wildman–Crippen LogP) is 3.40. The van der Waals surface area contributed by atoms with Crippen molar-refractivity contribution in [3.63, 3.8) is 0 Å². The maximum atomic E-state index is 5.52. The first kappa shape index (κ1) is 14.7. The number of benzene rings is 1. The SMILES string of the molecule is COC1C[C@H]2CC(Nc3ccc(-c4n[nH]c(C)n4)cc3)C[C@H]2C1. The third kappa shape index (κ3) is 2.98. The van der Waals surface area contributed by atoms with Crippen LogP contribution in [0, 0.1) is 18.8 Å². The summed E-state index contributed by atoms with van der Waals surface area (Å²) in [6.07, 6.45) is 5.51. The second-order valence-corrected chi connectivity index (χ2v) is 6.98. The van der Waals surface area contributed by atoms with Crippen molar-refractivity contribution in [3.05, 3.63) is 30.1 Å². The van der Waals surface area contributed by atoms with Gasteiger partial charge in [0.25, 0.3) is 0 Å². The summed E-state index contributed by atoms with van der Waals surface area (Å²) in [4.78, 5) is 4.37. The first-order valence-electron chi connectivity index (χ1n) is 8.50. The largest absolute Gasteiger partial charge is 0.382 e. The number of hydrogen-bond donors (Lipinski definition) is 2. The van der Waals surface area contributed by atoms with Gasteiger partial charge in [0, 0.05) is 24.4 Å². The van der Waals surface area contributed by atoms with Crippen molar-refractivity contribution in [2.24, 2.45) is 11.8 Å². The molecule has 1 heterocycles. The van der Waals surface area contributed by atoms with Gasteiger partial charge >= 0.3 is 0 Å². The van der Waals surface area contributed by atoms with Crippen molar-refractivity contribution in [1.82, 2.24) is 15.2 Å². The first-order valence-corrected chi connectivity index (χ1v) is 8.50. The summed E-state index contributed by atoms with van der Waals surface area (Å²) in [5.74, 6) is 3.28. The molecule has 1 aromatic heterocycles. The van der Waals surface area contributed by atoms with E-state index in [1.165, 1.54) is 31.4 Å². The molecule has 122 valence electrons. The molecular formula is C18H24N4O. The van der Waals surface area contributed by atoms with Gasteiger partial charge < -0.3 is 10.1 Å². The Balaban J connectivity index is 1.37. The molecule has 2 N–H and O–H groups in total. The molecule has 0 bridgehead atoms. The zero-order chi connectivity index (χ0) is 15.8. The number of ether oxygens (including phenoxy) is 1. The van der Waals surface area contributed by atoms with Gasteiger partial charge in [-0.25, -0.2) is 4.98 Å². The molecule has 5 heteroatoms. The average Bonchev–Trinajstić information content (AvgIpc) is 3.22. The van der Waals surface area contributed by atoms with Crippen LogP contribution >= 0.6 is 0 Å². The molecule has 2 aliphatic carbocycles. The van der Waals surface area contributed by atoms with E-state index in [1.54, 1.807) is 0 Å². The molecule has 2 aromatic rings. The lowest BCUT2D eigenvalue weighted by molar-refractivity contribution is 0.101. The van der Waals surface area contributed by atoms with Crippen molar-refractivity contribution in [3.8, 4) is 11.4 Å². The van der Waals surface area contributed by atoms with Crippen LogP contribution < -0.4 is 5.32 Å². The maximum absolute atomic E-state index is 5.52. The highest BCUT2D eigenvalue weighted by molar-refractivity contribution is 5.59. The molecule has 5 nitrogen and oxygen atoms in total. The summed E-state index contributed by atoms with van der Waals surface area (Å²) < 4.78 is 5.52. The van der Waals surface area contributed by atoms with Crippen molar-refractivity contribution in [2.75, 3.05) is 12.4 Å². The Bertz CT molecular complexity index is 652. The van der Waals surface area contributed by atoms with Gasteiger partial charge in [-0.3, -0.25) is 5.10 Å². The highest BCUT2D eigenvalue weighted by atomic mass is 16.5. The zero-order valence-corrected chi connectivity index (χ0v) is 13.7. The van der Waals surface area contributed by atoms with Crippen LogP contribution in [0.4, 0.5) is 5.69 Å². The molecule has 0 saturated heterocycles. The number of aromatic nitrogens is 3. The number of methoxy groups -OCH3 is 1. The number of nitrogens with one attached hydrogen (secondary N) is 2. The average molecular weight is 312 g/mol. The fraction of sp³-hybridized carbons (Fsp3) is 0.556. The molecule has 23 heavy (non-hydrogen) atoms. The van der Waals surface area contributed by atoms with E-state index in [-0.39, 0.29) is 0 Å². The maximum Gasteiger partial charge on any atom is 0.181 e. The van der Waals surface area contributed by atoms with Crippen molar-refractivity contribution in [1.29, 1.82) is 0 Å². The number of nitrogens with zero attached hydrogens (tertiary/aromatic N) is 2. The summed E-state index contributed by atoms with van der Waals surface area (Å²) >= 11 is 0. The summed E-state index contributed by atoms with van der Waals surface area (Å²) in [7, 11) is 1.85. The number of rotatable bonds is 4. The van der Waals surface area contributed by atoms with E-state index in [1.807, 2.05) is 14.0 Å². The van der Waals surface area contributed by atoms with E-state index in [2.05, 4.69) is 44.8 Å². The van der Waals surface area contributed by atoms with Crippen LogP contribution in [0.25, 0.3) is 11.4 Å². The Morgan fingerprint density at radius 3 is 2.35 bits per heavy atom. The first-order chi connectivity index (χ1) is 11.2. The van der Waals surface area contributed by atoms with Crippen molar-refractivity contribution in [2.45, 2.75) is 44.8 Å². The number of aryl methyl sites for hydroxylation is 1. The topological polar surface area (TPSA) is 62.8 Å². The molecule has 4 rings (SSSR count). The number of hydrogen-bond acceptors (Lipinski definition) is 4. The third-order valence-electron chi connectivity index (χ3n) is 5.42. The van der Waals surface area contributed by atoms with Gasteiger partial charge in [-0.1, -0.05) is 0 Å². The normalized spacial score (nSPS) is 29.7. The number of fused-ring (bicyclic) bond motifs is 1. The Kier molecular flexibility index (Phi) is 3.81. The molecular weight excluding hydrogens is 288 g/mol. The minimum atomic E-state index is 0.495. The fourth-order valence-corrected chi connectivity index (χ4v) is 4.29. The Morgan fingerprint density at radius 1 is 1.09 bits per heavy atom. The lowest BCUT2D eigenvalue weighted by atomic mass is 10.0. The van der Waals surface area contributed by atoms with Crippen molar-refractivity contribution < 1.29 is 4.74 Å². The molecule has 0 spiro atoms. The molecule has 0 radical (unpaired) electrons. The van der Waals surface area contributed by atoms with Crippen molar-refractivity contribution >= 4 is 5.69 Å². The predicted molar refractivity (Wildman–Crippen MR) is 90.2 cm³/mol. The van der Waals surface area contributed by atoms with E-state index in [0.717, 1.165) is 29.0 Å². The summed E-state index contributed by atoms with van der Waals surface area (Å²) in [5.41, 5.74) is 2.24. The Hall–Kier alpha value is -1.88. The molecule has 2 saturated carbocycles. The van der Waals surface area contributed by atoms with Crippen LogP contribution in [0.5, 0.6) is 0 Å². The van der Waals surface area contributed by atoms with Crippen LogP contribution in [0.1, 0.15) is 31.5 Å². The van der Waals surface area contributed by atoms with Gasteiger partial charge in [-0.05, 0) is 68.7 Å². The molecule has 2 fully saturated rings. The van der Waals surface area contributed by atoms with Gasteiger partial charge in [-0.2, -0.15) is 5.10 Å². The number of anilines is 1. The van der Waals surface area contributed by atoms with Gasteiger partial charge in [0.2, 0.25) is 0 Å².